The number of allylic oxidation sites excluding steroid dienone is 2. The summed E-state index contributed by atoms with van der Waals surface area (Å²) in [5, 5.41) is 0. The van der Waals surface area contributed by atoms with Gasteiger partial charge in [0.15, 0.2) is 0 Å². The van der Waals surface area contributed by atoms with E-state index in [4.69, 9.17) is 0 Å². The van der Waals surface area contributed by atoms with Gasteiger partial charge in [-0.15, -0.1) is 0 Å². The van der Waals surface area contributed by atoms with Crippen molar-refractivity contribution in [3.63, 3.8) is 0 Å². The fourth-order valence-corrected chi connectivity index (χ4v) is 4.28. The molecule has 3 nitrogen and oxygen atoms in total. The molecule has 1 fully saturated rings. The molecule has 0 spiro atoms. The molecule has 1 aliphatic rings. The average molecular weight is 389 g/mol. The Balaban J connectivity index is 2.00. The molecule has 0 N–H and O–H groups in total. The van der Waals surface area contributed by atoms with Gasteiger partial charge in [0, 0.05) is 20.1 Å². The lowest BCUT2D eigenvalue weighted by molar-refractivity contribution is -0.134. The van der Waals surface area contributed by atoms with Gasteiger partial charge in [0.1, 0.15) is 6.17 Å². The number of hydrogen-bond acceptors (Lipinski definition) is 2. The van der Waals surface area contributed by atoms with Crippen LogP contribution in [0.3, 0.4) is 0 Å². The van der Waals surface area contributed by atoms with Crippen molar-refractivity contribution in [1.82, 2.24) is 9.80 Å². The van der Waals surface area contributed by atoms with Crippen LogP contribution >= 0.6 is 0 Å². The topological polar surface area (TPSA) is 23.6 Å². The van der Waals surface area contributed by atoms with Crippen molar-refractivity contribution in [3.05, 3.63) is 95.6 Å². The molecule has 1 atom stereocenters. The number of likely N-dealkylation sites (tertiary alicyclic amines) is 1. The average Bonchev–Trinajstić information content (AvgIpc) is 3.29. The monoisotopic (exact) mass is 388 g/mol. The van der Waals surface area contributed by atoms with Gasteiger partial charge in [-0.1, -0.05) is 78.9 Å². The molecule has 1 saturated heterocycles. The molecule has 0 aliphatic carbocycles. The van der Waals surface area contributed by atoms with Crippen molar-refractivity contribution < 1.29 is 4.79 Å². The number of carbonyl (C=O) groups is 1. The maximum absolute atomic E-state index is 13.9. The number of benzene rings is 2. The van der Waals surface area contributed by atoms with Gasteiger partial charge in [0.25, 0.3) is 0 Å². The number of carbonyl (C=O) groups excluding carboxylic acids is 1. The standard InChI is InChI=1S/C26H32N2O/c1-4-14-21(5-2)25(28-19-12-13-20-28)27(3)26(29)24(22-15-8-6-9-16-22)23-17-10-7-11-18-23/h4-11,14-18,24-25H,12-13,19-20H2,1-3H3/b14-4-,21-5+/t25-/m1/s1. The highest BCUT2D eigenvalue weighted by atomic mass is 16.2. The third-order valence-electron chi connectivity index (χ3n) is 5.70. The van der Waals surface area contributed by atoms with Crippen LogP contribution in [0.2, 0.25) is 0 Å². The predicted molar refractivity (Wildman–Crippen MR) is 121 cm³/mol. The molecule has 1 aliphatic heterocycles. The van der Waals surface area contributed by atoms with Crippen molar-refractivity contribution in [2.75, 3.05) is 20.1 Å². The number of likely N-dealkylation sites (N-methyl/N-ethyl adjacent to an activating group) is 1. The molecule has 0 unspecified atom stereocenters. The molecule has 29 heavy (non-hydrogen) atoms. The minimum atomic E-state index is -0.309. The quantitative estimate of drug-likeness (QED) is 0.607. The van der Waals surface area contributed by atoms with E-state index in [-0.39, 0.29) is 18.0 Å². The number of rotatable bonds is 7. The number of amides is 1. The van der Waals surface area contributed by atoms with Gasteiger partial charge in [-0.25, -0.2) is 0 Å². The van der Waals surface area contributed by atoms with E-state index in [0.717, 1.165) is 24.2 Å². The van der Waals surface area contributed by atoms with Crippen LogP contribution in [-0.2, 0) is 4.79 Å². The van der Waals surface area contributed by atoms with Crippen molar-refractivity contribution in [3.8, 4) is 0 Å². The summed E-state index contributed by atoms with van der Waals surface area (Å²) in [6.45, 7) is 6.14. The Morgan fingerprint density at radius 3 is 1.90 bits per heavy atom. The van der Waals surface area contributed by atoms with Gasteiger partial charge in [0.2, 0.25) is 5.91 Å². The minimum Gasteiger partial charge on any atom is -0.325 e. The summed E-state index contributed by atoms with van der Waals surface area (Å²) >= 11 is 0. The van der Waals surface area contributed by atoms with E-state index in [9.17, 15) is 4.79 Å². The van der Waals surface area contributed by atoms with Gasteiger partial charge < -0.3 is 4.90 Å². The summed E-state index contributed by atoms with van der Waals surface area (Å²) in [5.74, 6) is -0.181. The van der Waals surface area contributed by atoms with Crippen LogP contribution in [-0.4, -0.2) is 42.0 Å². The van der Waals surface area contributed by atoms with Crippen LogP contribution in [0.15, 0.2) is 84.5 Å². The summed E-state index contributed by atoms with van der Waals surface area (Å²) in [4.78, 5) is 18.3. The van der Waals surface area contributed by atoms with E-state index in [0.29, 0.717) is 0 Å². The molecule has 3 heteroatoms. The molecule has 2 aromatic rings. The molecule has 0 aromatic heterocycles. The fourth-order valence-electron chi connectivity index (χ4n) is 4.28. The number of nitrogens with zero attached hydrogens (tertiary/aromatic N) is 2. The summed E-state index contributed by atoms with van der Waals surface area (Å²) in [5.41, 5.74) is 3.23. The first kappa shape index (κ1) is 21.1. The third kappa shape index (κ3) is 4.86. The molecule has 0 bridgehead atoms. The molecule has 0 radical (unpaired) electrons. The van der Waals surface area contributed by atoms with Crippen LogP contribution in [0.5, 0.6) is 0 Å². The van der Waals surface area contributed by atoms with Crippen molar-refractivity contribution in [2.24, 2.45) is 0 Å². The van der Waals surface area contributed by atoms with Crippen molar-refractivity contribution >= 4 is 5.91 Å². The van der Waals surface area contributed by atoms with Crippen molar-refractivity contribution in [1.29, 1.82) is 0 Å². The van der Waals surface area contributed by atoms with Gasteiger partial charge in [-0.05, 0) is 43.4 Å². The highest BCUT2D eigenvalue weighted by Gasteiger charge is 2.34. The second kappa shape index (κ2) is 10.2. The first-order valence-electron chi connectivity index (χ1n) is 10.6. The van der Waals surface area contributed by atoms with E-state index in [1.54, 1.807) is 0 Å². The zero-order valence-corrected chi connectivity index (χ0v) is 17.8. The second-order valence-electron chi connectivity index (χ2n) is 7.61. The molecule has 1 heterocycles. The Kier molecular flexibility index (Phi) is 7.42. The van der Waals surface area contributed by atoms with Crippen LogP contribution in [0.1, 0.15) is 43.7 Å². The first-order valence-corrected chi connectivity index (χ1v) is 10.6. The Hall–Kier alpha value is -2.65. The lowest BCUT2D eigenvalue weighted by atomic mass is 9.89. The fraction of sp³-hybridized carbons (Fsp3) is 0.346. The Morgan fingerprint density at radius 2 is 1.45 bits per heavy atom. The van der Waals surface area contributed by atoms with Crippen LogP contribution in [0.25, 0.3) is 0 Å². The molecule has 1 amide bonds. The zero-order valence-electron chi connectivity index (χ0n) is 17.8. The normalized spacial score (nSPS) is 16.5. The van der Waals surface area contributed by atoms with Crippen LogP contribution < -0.4 is 0 Å². The molecule has 3 rings (SSSR count). The maximum atomic E-state index is 13.9. The first-order chi connectivity index (χ1) is 14.2. The Bertz CT molecular complexity index is 796. The number of hydrogen-bond donors (Lipinski definition) is 0. The van der Waals surface area contributed by atoms with Gasteiger partial charge >= 0.3 is 0 Å². The van der Waals surface area contributed by atoms with E-state index in [1.165, 1.54) is 18.4 Å². The van der Waals surface area contributed by atoms with E-state index in [1.807, 2.05) is 55.3 Å². The maximum Gasteiger partial charge on any atom is 0.235 e. The molecule has 152 valence electrons. The highest BCUT2D eigenvalue weighted by Crippen LogP contribution is 2.30. The summed E-state index contributed by atoms with van der Waals surface area (Å²) < 4.78 is 0. The zero-order chi connectivity index (χ0) is 20.6. The predicted octanol–water partition coefficient (Wildman–Crippen LogP) is 5.22. The molecular weight excluding hydrogens is 356 g/mol. The summed E-state index contributed by atoms with van der Waals surface area (Å²) in [6.07, 6.45) is 8.65. The van der Waals surface area contributed by atoms with Crippen molar-refractivity contribution in [2.45, 2.75) is 38.8 Å². The van der Waals surface area contributed by atoms with Gasteiger partial charge in [-0.3, -0.25) is 9.69 Å². The highest BCUT2D eigenvalue weighted by molar-refractivity contribution is 5.87. The lowest BCUT2D eigenvalue weighted by Crippen LogP contribution is -2.50. The SMILES string of the molecule is C/C=C\C(=C/C)[C@@H](N1CCCC1)N(C)C(=O)C(c1ccccc1)c1ccccc1. The van der Waals surface area contributed by atoms with E-state index in [2.05, 4.69) is 54.3 Å². The smallest absolute Gasteiger partial charge is 0.235 e. The summed E-state index contributed by atoms with van der Waals surface area (Å²) in [7, 11) is 1.96. The van der Waals surface area contributed by atoms with Gasteiger partial charge in [-0.2, -0.15) is 0 Å². The Morgan fingerprint density at radius 1 is 0.931 bits per heavy atom. The third-order valence-corrected chi connectivity index (χ3v) is 5.70. The minimum absolute atomic E-state index is 0.0406. The molecule has 0 saturated carbocycles. The van der Waals surface area contributed by atoms with Gasteiger partial charge in [0.05, 0.1) is 5.92 Å². The van der Waals surface area contributed by atoms with Crippen LogP contribution in [0.4, 0.5) is 0 Å². The second-order valence-corrected chi connectivity index (χ2v) is 7.61. The summed E-state index contributed by atoms with van der Waals surface area (Å²) in [6, 6.07) is 20.2. The van der Waals surface area contributed by atoms with E-state index >= 15 is 0 Å². The molecular formula is C26H32N2O. The largest absolute Gasteiger partial charge is 0.325 e. The van der Waals surface area contributed by atoms with Crippen LogP contribution in [0, 0.1) is 0 Å². The lowest BCUT2D eigenvalue weighted by Gasteiger charge is -2.38. The Labute approximate surface area is 175 Å². The van der Waals surface area contributed by atoms with E-state index < -0.39 is 0 Å². The molecule has 2 aromatic carbocycles.